The Bertz CT molecular complexity index is 1250. The predicted molar refractivity (Wildman–Crippen MR) is 128 cm³/mol. The van der Waals surface area contributed by atoms with Crippen LogP contribution in [0.3, 0.4) is 0 Å². The zero-order valence-electron chi connectivity index (χ0n) is 18.6. The zero-order valence-corrected chi connectivity index (χ0v) is 20.2. The quantitative estimate of drug-likeness (QED) is 0.516. The first-order valence-electron chi connectivity index (χ1n) is 11.0. The van der Waals surface area contributed by atoms with Crippen LogP contribution in [0.15, 0.2) is 64.0 Å². The van der Waals surface area contributed by atoms with Gasteiger partial charge in [0.25, 0.3) is 16.0 Å². The third kappa shape index (κ3) is 5.85. The molecule has 6 rings (SSSR count). The van der Waals surface area contributed by atoms with E-state index in [1.54, 1.807) is 24.4 Å². The SMILES string of the molecule is Cc1ccc(S(=O)(=O)O)cc1.O=C(N[C@H]1CN2CCC1CC2)c1ncc(-c2ccccc2Cl)o1. The highest BCUT2D eigenvalue weighted by Crippen LogP contribution is 2.29. The molecule has 2 aromatic carbocycles. The summed E-state index contributed by atoms with van der Waals surface area (Å²) in [4.78, 5) is 18.8. The van der Waals surface area contributed by atoms with Crippen LogP contribution in [-0.4, -0.2) is 54.4 Å². The summed E-state index contributed by atoms with van der Waals surface area (Å²) in [5.74, 6) is 0.926. The van der Waals surface area contributed by atoms with Crippen molar-refractivity contribution in [3.63, 3.8) is 0 Å². The van der Waals surface area contributed by atoms with Gasteiger partial charge in [-0.15, -0.1) is 0 Å². The lowest BCUT2D eigenvalue weighted by Crippen LogP contribution is -2.57. The molecule has 0 spiro atoms. The van der Waals surface area contributed by atoms with E-state index in [1.807, 2.05) is 25.1 Å². The Morgan fingerprint density at radius 2 is 1.82 bits per heavy atom. The van der Waals surface area contributed by atoms with Crippen LogP contribution < -0.4 is 5.32 Å². The van der Waals surface area contributed by atoms with Gasteiger partial charge in [0.1, 0.15) is 0 Å². The second-order valence-corrected chi connectivity index (χ2v) is 10.3. The molecule has 3 aliphatic rings. The number of rotatable bonds is 4. The molecule has 3 fully saturated rings. The number of fused-ring (bicyclic) bond motifs is 3. The number of amides is 1. The van der Waals surface area contributed by atoms with Crippen LogP contribution in [0, 0.1) is 12.8 Å². The number of nitrogens with zero attached hydrogens (tertiary/aromatic N) is 2. The molecule has 180 valence electrons. The summed E-state index contributed by atoms with van der Waals surface area (Å²) in [6.07, 6.45) is 3.86. The van der Waals surface area contributed by atoms with E-state index in [0.717, 1.165) is 43.6 Å². The Kier molecular flexibility index (Phi) is 7.37. The zero-order chi connectivity index (χ0) is 24.3. The van der Waals surface area contributed by atoms with E-state index >= 15 is 0 Å². The summed E-state index contributed by atoms with van der Waals surface area (Å²) in [6.45, 7) is 5.06. The van der Waals surface area contributed by atoms with Crippen molar-refractivity contribution >= 4 is 27.6 Å². The maximum absolute atomic E-state index is 12.4. The predicted octanol–water partition coefficient (Wildman–Crippen LogP) is 4.06. The van der Waals surface area contributed by atoms with Gasteiger partial charge in [0.2, 0.25) is 0 Å². The number of carbonyl (C=O) groups is 1. The molecule has 0 radical (unpaired) electrons. The van der Waals surface area contributed by atoms with Crippen LogP contribution in [-0.2, 0) is 10.1 Å². The van der Waals surface area contributed by atoms with Gasteiger partial charge >= 0.3 is 5.91 Å². The molecule has 3 saturated heterocycles. The molecule has 4 heterocycles. The Hall–Kier alpha value is -2.72. The van der Waals surface area contributed by atoms with Gasteiger partial charge in [0, 0.05) is 18.2 Å². The number of piperidine rings is 3. The summed E-state index contributed by atoms with van der Waals surface area (Å²) in [7, 11) is -4.02. The second kappa shape index (κ2) is 10.3. The van der Waals surface area contributed by atoms with Gasteiger partial charge in [0.05, 0.1) is 16.1 Å². The van der Waals surface area contributed by atoms with E-state index in [9.17, 15) is 13.2 Å². The lowest BCUT2D eigenvalue weighted by Gasteiger charge is -2.44. The molecule has 0 saturated carbocycles. The highest BCUT2D eigenvalue weighted by molar-refractivity contribution is 7.85. The Morgan fingerprint density at radius 3 is 2.41 bits per heavy atom. The van der Waals surface area contributed by atoms with Crippen molar-refractivity contribution in [2.75, 3.05) is 19.6 Å². The number of carbonyl (C=O) groups excluding carboxylic acids is 1. The Labute approximate surface area is 203 Å². The highest BCUT2D eigenvalue weighted by atomic mass is 35.5. The Balaban J connectivity index is 0.000000210. The minimum Gasteiger partial charge on any atom is -0.432 e. The normalized spacial score (nSPS) is 21.4. The summed E-state index contributed by atoms with van der Waals surface area (Å²) in [5, 5.41) is 3.65. The third-order valence-electron chi connectivity index (χ3n) is 6.13. The standard InChI is InChI=1S/C17H18ClN3O2.C7H8O3S/c18-13-4-2-1-3-12(13)15-9-19-17(23-15)16(22)20-14-10-21-7-5-11(14)6-8-21;1-6-2-4-7(5-3-6)11(8,9)10/h1-4,9,11,14H,5-8,10H2,(H,20,22);2-5H,1H3,(H,8,9,10)/t14-;/m0./s1. The van der Waals surface area contributed by atoms with E-state index in [-0.39, 0.29) is 22.7 Å². The average Bonchev–Trinajstić information content (AvgIpc) is 3.31. The maximum Gasteiger partial charge on any atom is 0.307 e. The van der Waals surface area contributed by atoms with E-state index in [2.05, 4.69) is 15.2 Å². The van der Waals surface area contributed by atoms with E-state index in [4.69, 9.17) is 20.6 Å². The monoisotopic (exact) mass is 503 g/mol. The summed E-state index contributed by atoms with van der Waals surface area (Å²) < 4.78 is 35.2. The number of nitrogens with one attached hydrogen (secondary N) is 1. The number of oxazole rings is 1. The van der Waals surface area contributed by atoms with Crippen LogP contribution in [0.4, 0.5) is 0 Å². The fourth-order valence-electron chi connectivity index (χ4n) is 4.23. The van der Waals surface area contributed by atoms with E-state index in [1.165, 1.54) is 12.1 Å². The first-order chi connectivity index (χ1) is 16.2. The molecule has 1 amide bonds. The van der Waals surface area contributed by atoms with E-state index < -0.39 is 10.1 Å². The minimum absolute atomic E-state index is 0.0666. The number of hydrogen-bond donors (Lipinski definition) is 2. The van der Waals surface area contributed by atoms with Crippen LogP contribution in [0.5, 0.6) is 0 Å². The molecular weight excluding hydrogens is 478 g/mol. The number of halogens is 1. The highest BCUT2D eigenvalue weighted by Gasteiger charge is 2.35. The van der Waals surface area contributed by atoms with Crippen molar-refractivity contribution in [3.05, 3.63) is 71.2 Å². The van der Waals surface area contributed by atoms with E-state index in [0.29, 0.717) is 16.7 Å². The van der Waals surface area contributed by atoms with Crippen molar-refractivity contribution in [1.29, 1.82) is 0 Å². The van der Waals surface area contributed by atoms with Crippen LogP contribution in [0.25, 0.3) is 11.3 Å². The summed E-state index contributed by atoms with van der Waals surface area (Å²) >= 11 is 6.15. The number of benzene rings is 2. The van der Waals surface area contributed by atoms with Crippen molar-refractivity contribution in [2.45, 2.75) is 30.7 Å². The molecule has 0 unspecified atom stereocenters. The maximum atomic E-state index is 12.4. The number of aryl methyl sites for hydroxylation is 1. The van der Waals surface area contributed by atoms with Crippen LogP contribution in [0.2, 0.25) is 5.02 Å². The molecule has 0 aliphatic carbocycles. The number of hydrogen-bond acceptors (Lipinski definition) is 6. The molecule has 2 bridgehead atoms. The topological polar surface area (TPSA) is 113 Å². The molecule has 8 nitrogen and oxygen atoms in total. The van der Waals surface area contributed by atoms with Gasteiger partial charge in [-0.3, -0.25) is 9.35 Å². The van der Waals surface area contributed by atoms with Crippen molar-refractivity contribution in [3.8, 4) is 11.3 Å². The molecule has 34 heavy (non-hydrogen) atoms. The largest absolute Gasteiger partial charge is 0.432 e. The minimum atomic E-state index is -4.02. The summed E-state index contributed by atoms with van der Waals surface area (Å²) in [6, 6.07) is 13.5. The molecule has 3 aromatic rings. The van der Waals surface area contributed by atoms with Gasteiger partial charge in [-0.2, -0.15) is 8.42 Å². The first-order valence-corrected chi connectivity index (χ1v) is 12.8. The van der Waals surface area contributed by atoms with Crippen molar-refractivity contribution in [1.82, 2.24) is 15.2 Å². The summed E-state index contributed by atoms with van der Waals surface area (Å²) in [5.41, 5.74) is 1.70. The lowest BCUT2D eigenvalue weighted by atomic mass is 9.84. The molecule has 2 N–H and O–H groups in total. The third-order valence-corrected chi connectivity index (χ3v) is 7.33. The molecule has 1 atom stereocenters. The molecular formula is C24H26ClN3O5S. The molecule has 1 aromatic heterocycles. The molecule has 3 aliphatic heterocycles. The average molecular weight is 504 g/mol. The van der Waals surface area contributed by atoms with Crippen LogP contribution >= 0.6 is 11.6 Å². The first kappa shape index (κ1) is 24.4. The van der Waals surface area contributed by atoms with Gasteiger partial charge in [-0.25, -0.2) is 4.98 Å². The van der Waals surface area contributed by atoms with Gasteiger partial charge < -0.3 is 14.6 Å². The van der Waals surface area contributed by atoms with Crippen molar-refractivity contribution < 1.29 is 22.2 Å². The Morgan fingerprint density at radius 1 is 1.15 bits per heavy atom. The smallest absolute Gasteiger partial charge is 0.307 e. The van der Waals surface area contributed by atoms with Gasteiger partial charge in [0.15, 0.2) is 5.76 Å². The van der Waals surface area contributed by atoms with Gasteiger partial charge in [-0.05, 0) is 63.0 Å². The molecule has 10 heteroatoms. The van der Waals surface area contributed by atoms with Gasteiger partial charge in [-0.1, -0.05) is 41.4 Å². The fourth-order valence-corrected chi connectivity index (χ4v) is 4.94. The second-order valence-electron chi connectivity index (χ2n) is 8.52. The fraction of sp³-hybridized carbons (Fsp3) is 0.333. The lowest BCUT2D eigenvalue weighted by molar-refractivity contribution is 0.0602. The van der Waals surface area contributed by atoms with Crippen molar-refractivity contribution in [2.24, 2.45) is 5.92 Å². The number of aromatic nitrogens is 1. The van der Waals surface area contributed by atoms with Crippen LogP contribution in [0.1, 0.15) is 29.1 Å².